The topological polar surface area (TPSA) is 9.23 Å². The van der Waals surface area contributed by atoms with Gasteiger partial charge in [-0.3, -0.25) is 0 Å². The van der Waals surface area contributed by atoms with Crippen LogP contribution in [0.5, 0.6) is 5.75 Å². The Labute approximate surface area is 102 Å². The zero-order chi connectivity index (χ0) is 9.14. The van der Waals surface area contributed by atoms with Crippen LogP contribution in [0.3, 0.4) is 0 Å². The largest absolute Gasteiger partial charge is 0.494 e. The summed E-state index contributed by atoms with van der Waals surface area (Å²) < 4.78 is 7.40. The van der Waals surface area contributed by atoms with Gasteiger partial charge in [0.2, 0.25) is 0 Å². The third kappa shape index (κ3) is 2.14. The molecule has 0 N–H and O–H groups in total. The molecular weight excluding hydrogens is 399 g/mol. The van der Waals surface area contributed by atoms with E-state index in [1.165, 1.54) is 5.56 Å². The van der Waals surface area contributed by atoms with Crippen LogP contribution in [0.4, 0.5) is 0 Å². The molecule has 4 heteroatoms. The number of hydrogen-bond donors (Lipinski definition) is 0. The summed E-state index contributed by atoms with van der Waals surface area (Å²) in [6, 6.07) is 4.07. The molecule has 0 saturated carbocycles. The second-order valence-corrected chi connectivity index (χ2v) is 4.68. The van der Waals surface area contributed by atoms with Crippen LogP contribution in [0.25, 0.3) is 0 Å². The molecule has 1 rings (SSSR count). The van der Waals surface area contributed by atoms with Crippen molar-refractivity contribution in [2.75, 3.05) is 7.11 Å². The van der Waals surface area contributed by atoms with Gasteiger partial charge < -0.3 is 4.74 Å². The van der Waals surface area contributed by atoms with E-state index in [4.69, 9.17) is 4.74 Å². The molecule has 1 nitrogen and oxygen atoms in total. The molecule has 0 fully saturated rings. The fraction of sp³-hybridized carbons (Fsp3) is 0.250. The SMILES string of the molecule is COc1c(Br)ccc(CBr)c1I. The lowest BCUT2D eigenvalue weighted by Crippen LogP contribution is -1.92. The molecule has 0 aliphatic rings. The van der Waals surface area contributed by atoms with Crippen molar-refractivity contribution in [1.82, 2.24) is 0 Å². The minimum Gasteiger partial charge on any atom is -0.494 e. The average Bonchev–Trinajstić information content (AvgIpc) is 2.06. The zero-order valence-corrected chi connectivity index (χ0v) is 11.7. The minimum absolute atomic E-state index is 0.856. The fourth-order valence-corrected chi connectivity index (χ4v) is 3.60. The normalized spacial score (nSPS) is 10.0. The molecule has 0 aliphatic heterocycles. The molecule has 0 amide bonds. The molecule has 0 aromatic heterocycles. The summed E-state index contributed by atoms with van der Waals surface area (Å²) in [6.45, 7) is 0. The van der Waals surface area contributed by atoms with Gasteiger partial charge in [0.15, 0.2) is 0 Å². The Balaban J connectivity index is 3.24. The first-order valence-electron chi connectivity index (χ1n) is 3.27. The Morgan fingerprint density at radius 2 is 2.17 bits per heavy atom. The summed E-state index contributed by atoms with van der Waals surface area (Å²) >= 11 is 9.13. The first kappa shape index (κ1) is 10.8. The molecular formula is C8H7Br2IO. The van der Waals surface area contributed by atoms with Gasteiger partial charge in [-0.1, -0.05) is 22.0 Å². The van der Waals surface area contributed by atoms with Crippen LogP contribution in [-0.4, -0.2) is 7.11 Å². The van der Waals surface area contributed by atoms with Crippen LogP contribution in [0, 0.1) is 3.57 Å². The van der Waals surface area contributed by atoms with Gasteiger partial charge in [0.1, 0.15) is 5.75 Å². The number of methoxy groups -OCH3 is 1. The second kappa shape index (κ2) is 4.81. The molecule has 0 saturated heterocycles. The summed E-state index contributed by atoms with van der Waals surface area (Å²) in [4.78, 5) is 0. The Morgan fingerprint density at radius 1 is 1.50 bits per heavy atom. The van der Waals surface area contributed by atoms with Crippen molar-refractivity contribution in [1.29, 1.82) is 0 Å². The van der Waals surface area contributed by atoms with Gasteiger partial charge in [0.25, 0.3) is 0 Å². The summed E-state index contributed by atoms with van der Waals surface area (Å²) in [5, 5.41) is 0.856. The number of rotatable bonds is 2. The van der Waals surface area contributed by atoms with E-state index in [1.807, 2.05) is 6.07 Å². The summed E-state index contributed by atoms with van der Waals surface area (Å²) in [5.41, 5.74) is 1.25. The third-order valence-corrected chi connectivity index (χ3v) is 3.89. The highest BCUT2D eigenvalue weighted by molar-refractivity contribution is 14.1. The van der Waals surface area contributed by atoms with Crippen molar-refractivity contribution in [2.24, 2.45) is 0 Å². The lowest BCUT2D eigenvalue weighted by molar-refractivity contribution is 0.408. The molecule has 66 valence electrons. The molecule has 0 atom stereocenters. The van der Waals surface area contributed by atoms with Gasteiger partial charge in [-0.25, -0.2) is 0 Å². The van der Waals surface area contributed by atoms with Crippen molar-refractivity contribution in [3.63, 3.8) is 0 Å². The monoisotopic (exact) mass is 404 g/mol. The van der Waals surface area contributed by atoms with Crippen LogP contribution in [0.1, 0.15) is 5.56 Å². The number of ether oxygens (including phenoxy) is 1. The maximum Gasteiger partial charge on any atom is 0.146 e. The maximum atomic E-state index is 5.24. The van der Waals surface area contributed by atoms with Crippen LogP contribution in [-0.2, 0) is 5.33 Å². The number of halogens is 3. The van der Waals surface area contributed by atoms with Gasteiger partial charge in [0.05, 0.1) is 15.2 Å². The van der Waals surface area contributed by atoms with Gasteiger partial charge in [-0.2, -0.15) is 0 Å². The second-order valence-electron chi connectivity index (χ2n) is 2.19. The van der Waals surface area contributed by atoms with E-state index in [0.29, 0.717) is 0 Å². The maximum absolute atomic E-state index is 5.24. The van der Waals surface area contributed by atoms with E-state index in [9.17, 15) is 0 Å². The fourth-order valence-electron chi connectivity index (χ4n) is 0.864. The summed E-state index contributed by atoms with van der Waals surface area (Å²) in [7, 11) is 1.68. The van der Waals surface area contributed by atoms with E-state index < -0.39 is 0 Å². The van der Waals surface area contributed by atoms with Crippen LogP contribution < -0.4 is 4.74 Å². The molecule has 0 spiro atoms. The lowest BCUT2D eigenvalue weighted by atomic mass is 10.2. The first-order valence-corrected chi connectivity index (χ1v) is 6.27. The van der Waals surface area contributed by atoms with Crippen LogP contribution >= 0.6 is 54.5 Å². The molecule has 1 aromatic rings. The number of hydrogen-bond acceptors (Lipinski definition) is 1. The predicted molar refractivity (Wildman–Crippen MR) is 66.0 cm³/mol. The van der Waals surface area contributed by atoms with E-state index in [1.54, 1.807) is 7.11 Å². The van der Waals surface area contributed by atoms with Crippen molar-refractivity contribution in [3.8, 4) is 5.75 Å². The Kier molecular flexibility index (Phi) is 4.32. The Bertz CT molecular complexity index is 289. The standard InChI is InChI=1S/C8H7Br2IO/c1-12-8-6(10)3-2-5(4-9)7(8)11/h2-3H,4H2,1H3. The quantitative estimate of drug-likeness (QED) is 0.534. The Morgan fingerprint density at radius 3 is 2.67 bits per heavy atom. The molecule has 12 heavy (non-hydrogen) atoms. The summed E-state index contributed by atoms with van der Waals surface area (Å²) in [5.74, 6) is 0.910. The van der Waals surface area contributed by atoms with Crippen LogP contribution in [0.2, 0.25) is 0 Å². The number of alkyl halides is 1. The zero-order valence-electron chi connectivity index (χ0n) is 6.40. The van der Waals surface area contributed by atoms with Crippen molar-refractivity contribution in [2.45, 2.75) is 5.33 Å². The lowest BCUT2D eigenvalue weighted by Gasteiger charge is -2.08. The highest BCUT2D eigenvalue weighted by Crippen LogP contribution is 2.33. The number of benzene rings is 1. The minimum atomic E-state index is 0.856. The van der Waals surface area contributed by atoms with E-state index in [2.05, 4.69) is 60.5 Å². The van der Waals surface area contributed by atoms with E-state index >= 15 is 0 Å². The Hall–Kier alpha value is 0.710. The average molecular weight is 406 g/mol. The van der Waals surface area contributed by atoms with E-state index in [-0.39, 0.29) is 0 Å². The van der Waals surface area contributed by atoms with Gasteiger partial charge in [0, 0.05) is 5.33 Å². The van der Waals surface area contributed by atoms with Gasteiger partial charge in [-0.05, 0) is 50.2 Å². The predicted octanol–water partition coefficient (Wildman–Crippen LogP) is 3.96. The smallest absolute Gasteiger partial charge is 0.146 e. The molecule has 0 unspecified atom stereocenters. The van der Waals surface area contributed by atoms with Crippen LogP contribution in [0.15, 0.2) is 16.6 Å². The first-order chi connectivity index (χ1) is 5.70. The van der Waals surface area contributed by atoms with E-state index in [0.717, 1.165) is 19.1 Å². The molecule has 0 aliphatic carbocycles. The van der Waals surface area contributed by atoms with Crippen molar-refractivity contribution >= 4 is 54.5 Å². The summed E-state index contributed by atoms with van der Waals surface area (Å²) in [6.07, 6.45) is 0. The van der Waals surface area contributed by atoms with Gasteiger partial charge in [-0.15, -0.1) is 0 Å². The molecule has 1 aromatic carbocycles. The molecule has 0 heterocycles. The van der Waals surface area contributed by atoms with Crippen molar-refractivity contribution in [3.05, 3.63) is 25.7 Å². The molecule has 0 radical (unpaired) electrons. The van der Waals surface area contributed by atoms with Crippen molar-refractivity contribution < 1.29 is 4.74 Å². The van der Waals surface area contributed by atoms with Gasteiger partial charge >= 0.3 is 0 Å². The highest BCUT2D eigenvalue weighted by Gasteiger charge is 2.08. The molecule has 0 bridgehead atoms. The third-order valence-electron chi connectivity index (χ3n) is 1.48. The highest BCUT2D eigenvalue weighted by atomic mass is 127.